The van der Waals surface area contributed by atoms with Crippen LogP contribution < -0.4 is 0 Å². The van der Waals surface area contributed by atoms with E-state index >= 15 is 0 Å². The Morgan fingerprint density at radius 3 is 2.07 bits per heavy atom. The van der Waals surface area contributed by atoms with E-state index in [4.69, 9.17) is 8.85 Å². The molecular weight excluding hydrogens is 328 g/mol. The fraction of sp³-hybridized carbons (Fsp3) is 1.00. The molecule has 0 radical (unpaired) electrons. The minimum atomic E-state index is -1.94. The van der Waals surface area contributed by atoms with E-state index in [1.54, 1.807) is 14.2 Å². The molecule has 0 aliphatic carbocycles. The summed E-state index contributed by atoms with van der Waals surface area (Å²) in [5.41, 5.74) is 0. The lowest BCUT2D eigenvalue weighted by atomic mass is 10.0. The molecule has 14 heavy (non-hydrogen) atoms. The van der Waals surface area contributed by atoms with E-state index in [0.29, 0.717) is 5.92 Å². The molecule has 2 nitrogen and oxygen atoms in total. The highest BCUT2D eigenvalue weighted by Gasteiger charge is 2.37. The lowest BCUT2D eigenvalue weighted by Crippen LogP contribution is -2.42. The van der Waals surface area contributed by atoms with Crippen molar-refractivity contribution in [3.63, 3.8) is 0 Å². The standard InChI is InChI=1S/C9H20Br2O2Si/c1-8(9(2,11)7-10)6-14(5,12-3)13-4/h8H,6-7H2,1-5H3. The maximum absolute atomic E-state index is 5.48. The highest BCUT2D eigenvalue weighted by Crippen LogP contribution is 2.35. The van der Waals surface area contributed by atoms with E-state index in [2.05, 4.69) is 52.3 Å². The van der Waals surface area contributed by atoms with Crippen LogP contribution in [0.2, 0.25) is 12.6 Å². The molecule has 0 aromatic heterocycles. The van der Waals surface area contributed by atoms with Crippen molar-refractivity contribution in [2.75, 3.05) is 19.5 Å². The van der Waals surface area contributed by atoms with Crippen LogP contribution in [-0.4, -0.2) is 32.4 Å². The van der Waals surface area contributed by atoms with Crippen molar-refractivity contribution in [3.8, 4) is 0 Å². The van der Waals surface area contributed by atoms with Gasteiger partial charge in [0.2, 0.25) is 0 Å². The fourth-order valence-electron chi connectivity index (χ4n) is 1.15. The lowest BCUT2D eigenvalue weighted by Gasteiger charge is -2.33. The second kappa shape index (κ2) is 5.99. The van der Waals surface area contributed by atoms with Gasteiger partial charge in [-0.2, -0.15) is 0 Å². The summed E-state index contributed by atoms with van der Waals surface area (Å²) in [5, 5.41) is 0.930. The predicted molar refractivity (Wildman–Crippen MR) is 70.7 cm³/mol. The summed E-state index contributed by atoms with van der Waals surface area (Å²) < 4.78 is 11.1. The monoisotopic (exact) mass is 346 g/mol. The first-order chi connectivity index (χ1) is 6.31. The van der Waals surface area contributed by atoms with Crippen molar-refractivity contribution >= 4 is 40.4 Å². The van der Waals surface area contributed by atoms with Gasteiger partial charge in [-0.3, -0.25) is 0 Å². The van der Waals surface area contributed by atoms with Crippen LogP contribution in [0.5, 0.6) is 0 Å². The van der Waals surface area contributed by atoms with Crippen LogP contribution >= 0.6 is 31.9 Å². The second-order valence-corrected chi connectivity index (χ2v) is 9.92. The number of hydrogen-bond acceptors (Lipinski definition) is 2. The molecule has 0 amide bonds. The van der Waals surface area contributed by atoms with Crippen molar-refractivity contribution in [1.82, 2.24) is 0 Å². The Labute approximate surface area is 105 Å². The van der Waals surface area contributed by atoms with E-state index in [9.17, 15) is 0 Å². The van der Waals surface area contributed by atoms with Gasteiger partial charge in [-0.05, 0) is 25.4 Å². The Kier molecular flexibility index (Phi) is 6.46. The molecule has 0 aromatic rings. The van der Waals surface area contributed by atoms with Gasteiger partial charge in [-0.25, -0.2) is 0 Å². The van der Waals surface area contributed by atoms with Crippen molar-refractivity contribution in [2.45, 2.75) is 30.8 Å². The maximum Gasteiger partial charge on any atom is 0.334 e. The van der Waals surface area contributed by atoms with E-state index < -0.39 is 8.56 Å². The van der Waals surface area contributed by atoms with Gasteiger partial charge in [-0.1, -0.05) is 38.8 Å². The smallest absolute Gasteiger partial charge is 0.334 e. The molecule has 0 saturated heterocycles. The van der Waals surface area contributed by atoms with E-state index in [1.807, 2.05) is 0 Å². The van der Waals surface area contributed by atoms with Gasteiger partial charge in [0.1, 0.15) is 0 Å². The minimum absolute atomic E-state index is 0.109. The van der Waals surface area contributed by atoms with Crippen LogP contribution in [-0.2, 0) is 8.85 Å². The zero-order valence-electron chi connectivity index (χ0n) is 9.56. The molecule has 0 aliphatic rings. The second-order valence-electron chi connectivity index (χ2n) is 4.06. The topological polar surface area (TPSA) is 18.5 Å². The molecule has 0 rings (SSSR count). The summed E-state index contributed by atoms with van der Waals surface area (Å²) in [5.74, 6) is 0.512. The molecule has 0 saturated carbocycles. The minimum Gasteiger partial charge on any atom is -0.398 e. The van der Waals surface area contributed by atoms with Gasteiger partial charge >= 0.3 is 8.56 Å². The van der Waals surface area contributed by atoms with Crippen molar-refractivity contribution < 1.29 is 8.85 Å². The molecule has 0 spiro atoms. The third kappa shape index (κ3) is 4.31. The summed E-state index contributed by atoms with van der Waals surface area (Å²) in [6, 6.07) is 0.993. The zero-order chi connectivity index (χ0) is 11.4. The molecule has 2 unspecified atom stereocenters. The Balaban J connectivity index is 4.36. The molecule has 0 N–H and O–H groups in total. The molecule has 86 valence electrons. The number of hydrogen-bond donors (Lipinski definition) is 0. The molecule has 0 bridgehead atoms. The molecule has 5 heteroatoms. The molecule has 0 fully saturated rings. The summed E-state index contributed by atoms with van der Waals surface area (Å²) in [7, 11) is 1.54. The van der Waals surface area contributed by atoms with Gasteiger partial charge in [-0.15, -0.1) is 0 Å². The van der Waals surface area contributed by atoms with Gasteiger partial charge in [0, 0.05) is 23.9 Å². The maximum atomic E-state index is 5.48. The molecule has 2 atom stereocenters. The molecular formula is C9H20Br2O2Si. The fourth-order valence-corrected chi connectivity index (χ4v) is 4.23. The summed E-state index contributed by atoms with van der Waals surface area (Å²) in [4.78, 5) is 0. The Morgan fingerprint density at radius 2 is 1.79 bits per heavy atom. The first-order valence-corrected chi connectivity index (χ1v) is 9.10. The lowest BCUT2D eigenvalue weighted by molar-refractivity contribution is 0.240. The van der Waals surface area contributed by atoms with Crippen LogP contribution in [0.25, 0.3) is 0 Å². The first kappa shape index (κ1) is 15.1. The molecule has 0 aliphatic heterocycles. The zero-order valence-corrected chi connectivity index (χ0v) is 13.7. The molecule has 0 heterocycles. The normalized spacial score (nSPS) is 19.1. The Hall–Kier alpha value is 1.10. The van der Waals surface area contributed by atoms with Crippen LogP contribution in [0.15, 0.2) is 0 Å². The third-order valence-electron chi connectivity index (χ3n) is 2.83. The predicted octanol–water partition coefficient (Wildman–Crippen LogP) is 3.54. The van der Waals surface area contributed by atoms with E-state index in [-0.39, 0.29) is 4.32 Å². The average Bonchev–Trinajstić information content (AvgIpc) is 2.17. The summed E-state index contributed by atoms with van der Waals surface area (Å²) in [6.07, 6.45) is 0. The number of rotatable bonds is 6. The van der Waals surface area contributed by atoms with Crippen LogP contribution in [0.3, 0.4) is 0 Å². The van der Waals surface area contributed by atoms with Crippen LogP contribution in [0.1, 0.15) is 13.8 Å². The number of alkyl halides is 2. The van der Waals surface area contributed by atoms with E-state index in [1.165, 1.54) is 0 Å². The first-order valence-electron chi connectivity index (χ1n) is 4.66. The summed E-state index contributed by atoms with van der Waals surface area (Å²) in [6.45, 7) is 6.51. The van der Waals surface area contributed by atoms with Crippen LogP contribution in [0.4, 0.5) is 0 Å². The largest absolute Gasteiger partial charge is 0.398 e. The van der Waals surface area contributed by atoms with Gasteiger partial charge in [0.25, 0.3) is 0 Å². The van der Waals surface area contributed by atoms with Crippen molar-refractivity contribution in [2.24, 2.45) is 5.92 Å². The third-order valence-corrected chi connectivity index (χ3v) is 8.89. The molecule has 0 aromatic carbocycles. The highest BCUT2D eigenvalue weighted by molar-refractivity contribution is 9.12. The van der Waals surface area contributed by atoms with E-state index in [0.717, 1.165) is 11.4 Å². The Bertz CT molecular complexity index is 172. The quantitative estimate of drug-likeness (QED) is 0.540. The van der Waals surface area contributed by atoms with Crippen LogP contribution in [0, 0.1) is 5.92 Å². The van der Waals surface area contributed by atoms with Crippen molar-refractivity contribution in [3.05, 3.63) is 0 Å². The number of halogens is 2. The van der Waals surface area contributed by atoms with Gasteiger partial charge < -0.3 is 8.85 Å². The van der Waals surface area contributed by atoms with Crippen molar-refractivity contribution in [1.29, 1.82) is 0 Å². The summed E-state index contributed by atoms with van der Waals surface area (Å²) >= 11 is 7.23. The Morgan fingerprint density at radius 1 is 1.36 bits per heavy atom. The highest BCUT2D eigenvalue weighted by atomic mass is 79.9. The average molecular weight is 348 g/mol. The SMILES string of the molecule is CO[Si](C)(CC(C)C(C)(Br)CBr)OC. The van der Waals surface area contributed by atoms with Gasteiger partial charge in [0.15, 0.2) is 0 Å². The van der Waals surface area contributed by atoms with Gasteiger partial charge in [0.05, 0.1) is 0 Å².